The lowest BCUT2D eigenvalue weighted by molar-refractivity contribution is -0.571. The third-order valence-electron chi connectivity index (χ3n) is 2.83. The maximum absolute atomic E-state index is 5.29. The van der Waals surface area contributed by atoms with Crippen LogP contribution in [0.4, 0.5) is 0 Å². The molecule has 0 aliphatic carbocycles. The number of pyridine rings is 2. The van der Waals surface area contributed by atoms with Crippen LogP contribution in [0.3, 0.4) is 0 Å². The number of imidazole rings is 1. The lowest BCUT2D eigenvalue weighted by atomic mass is 10.3. The van der Waals surface area contributed by atoms with Crippen LogP contribution in [0.15, 0.2) is 47.7 Å². The van der Waals surface area contributed by atoms with Gasteiger partial charge in [0.05, 0.1) is 18.0 Å². The van der Waals surface area contributed by atoms with E-state index in [0.717, 1.165) is 22.5 Å². The van der Waals surface area contributed by atoms with Crippen LogP contribution >= 0.6 is 0 Å². The predicted octanol–water partition coefficient (Wildman–Crippen LogP) is 1.38. The summed E-state index contributed by atoms with van der Waals surface area (Å²) in [5.74, 6) is 0.730. The summed E-state index contributed by atoms with van der Waals surface area (Å²) in [4.78, 5) is 15.9. The molecule has 1 N–H and O–H groups in total. The second kappa shape index (κ2) is 3.36. The van der Waals surface area contributed by atoms with Crippen molar-refractivity contribution in [3.05, 3.63) is 43.3 Å². The summed E-state index contributed by atoms with van der Waals surface area (Å²) in [6, 6.07) is 5.64. The van der Waals surface area contributed by atoms with Crippen LogP contribution < -0.4 is 4.57 Å². The van der Waals surface area contributed by atoms with Crippen molar-refractivity contribution < 1.29 is 8.98 Å². The summed E-state index contributed by atoms with van der Waals surface area (Å²) >= 11 is 0. The number of hydrogen-bond donors (Lipinski definition) is 1. The molecule has 4 aromatic heterocycles. The Morgan fingerprint density at radius 2 is 2.17 bits per heavy atom. The monoisotopic (exact) mass is 238 g/mol. The minimum Gasteiger partial charge on any atom is -0.425 e. The molecule has 6 heteroatoms. The number of hydrogen-bond acceptors (Lipinski definition) is 4. The van der Waals surface area contributed by atoms with Gasteiger partial charge in [0, 0.05) is 0 Å². The standard InChI is InChI=1S/C12H8N5O/c1-2-9-11(16-7-18-9)17(5-1)12-10-8(3-4-13-12)14-6-15-10/h1-7H,(H,14,15)/q+1. The Kier molecular flexibility index (Phi) is 1.74. The molecule has 0 fully saturated rings. The first-order valence-corrected chi connectivity index (χ1v) is 5.46. The molecule has 86 valence electrons. The third-order valence-corrected chi connectivity index (χ3v) is 2.83. The SMILES string of the molecule is c1cc2ocnc2[n+](-c2nccc3[nH]cnc23)c1. The molecule has 4 heterocycles. The summed E-state index contributed by atoms with van der Waals surface area (Å²) in [6.07, 6.45) is 6.70. The highest BCUT2D eigenvalue weighted by molar-refractivity contribution is 5.79. The van der Waals surface area contributed by atoms with Crippen LogP contribution in [-0.4, -0.2) is 19.9 Å². The van der Waals surface area contributed by atoms with Gasteiger partial charge in [-0.1, -0.05) is 4.98 Å². The van der Waals surface area contributed by atoms with E-state index in [2.05, 4.69) is 19.9 Å². The van der Waals surface area contributed by atoms with E-state index in [0.29, 0.717) is 5.58 Å². The van der Waals surface area contributed by atoms with Crippen LogP contribution in [0.2, 0.25) is 0 Å². The predicted molar refractivity (Wildman–Crippen MR) is 63.0 cm³/mol. The van der Waals surface area contributed by atoms with Gasteiger partial charge in [0.25, 0.3) is 12.2 Å². The van der Waals surface area contributed by atoms with Crippen LogP contribution in [0.25, 0.3) is 28.1 Å². The van der Waals surface area contributed by atoms with Gasteiger partial charge >= 0.3 is 5.65 Å². The van der Waals surface area contributed by atoms with E-state index >= 15 is 0 Å². The Labute approximate surface area is 101 Å². The van der Waals surface area contributed by atoms with Crippen molar-refractivity contribution in [3.8, 4) is 5.82 Å². The fourth-order valence-electron chi connectivity index (χ4n) is 2.03. The molecule has 0 atom stereocenters. The van der Waals surface area contributed by atoms with Gasteiger partial charge in [-0.3, -0.25) is 0 Å². The number of fused-ring (bicyclic) bond motifs is 2. The summed E-state index contributed by atoms with van der Waals surface area (Å²) in [6.45, 7) is 0. The van der Waals surface area contributed by atoms with Crippen molar-refractivity contribution >= 4 is 22.3 Å². The molecule has 0 saturated carbocycles. The zero-order valence-electron chi connectivity index (χ0n) is 9.24. The van der Waals surface area contributed by atoms with Gasteiger partial charge in [-0.15, -0.1) is 4.98 Å². The van der Waals surface area contributed by atoms with E-state index in [1.807, 2.05) is 29.0 Å². The van der Waals surface area contributed by atoms with Gasteiger partial charge in [0.2, 0.25) is 5.58 Å². The van der Waals surface area contributed by atoms with Gasteiger partial charge in [0.15, 0.2) is 5.52 Å². The van der Waals surface area contributed by atoms with E-state index in [1.54, 1.807) is 12.5 Å². The van der Waals surface area contributed by atoms with Crippen LogP contribution in [0.5, 0.6) is 0 Å². The van der Waals surface area contributed by atoms with Crippen molar-refractivity contribution in [2.45, 2.75) is 0 Å². The zero-order chi connectivity index (χ0) is 11.9. The molecule has 0 spiro atoms. The highest BCUT2D eigenvalue weighted by Crippen LogP contribution is 2.14. The fourth-order valence-corrected chi connectivity index (χ4v) is 2.03. The van der Waals surface area contributed by atoms with Gasteiger partial charge < -0.3 is 9.40 Å². The molecule has 0 radical (unpaired) electrons. The molecule has 0 aliphatic heterocycles. The van der Waals surface area contributed by atoms with Crippen LogP contribution in [0, 0.1) is 0 Å². The number of aromatic nitrogens is 5. The first kappa shape index (κ1) is 9.29. The first-order chi connectivity index (χ1) is 8.93. The van der Waals surface area contributed by atoms with Gasteiger partial charge in [-0.05, 0) is 18.2 Å². The number of nitrogens with zero attached hydrogens (tertiary/aromatic N) is 4. The number of H-pyrrole nitrogens is 1. The van der Waals surface area contributed by atoms with Gasteiger partial charge in [-0.25, -0.2) is 4.98 Å². The Hall–Kier alpha value is -2.76. The molecule has 4 aromatic rings. The largest absolute Gasteiger partial charge is 0.425 e. The summed E-state index contributed by atoms with van der Waals surface area (Å²) in [5.41, 5.74) is 3.18. The van der Waals surface area contributed by atoms with E-state index in [-0.39, 0.29) is 0 Å². The highest BCUT2D eigenvalue weighted by Gasteiger charge is 2.18. The average Bonchev–Trinajstić information content (AvgIpc) is 3.06. The minimum atomic E-state index is 0.715. The number of rotatable bonds is 1. The van der Waals surface area contributed by atoms with E-state index < -0.39 is 0 Å². The molecule has 0 saturated heterocycles. The Morgan fingerprint density at radius 3 is 3.17 bits per heavy atom. The van der Waals surface area contributed by atoms with Crippen molar-refractivity contribution in [2.24, 2.45) is 0 Å². The molecule has 0 amide bonds. The highest BCUT2D eigenvalue weighted by atomic mass is 16.3. The molecule has 6 nitrogen and oxygen atoms in total. The van der Waals surface area contributed by atoms with Crippen LogP contribution in [-0.2, 0) is 0 Å². The van der Waals surface area contributed by atoms with Crippen molar-refractivity contribution in [2.75, 3.05) is 0 Å². The van der Waals surface area contributed by atoms with Gasteiger partial charge in [-0.2, -0.15) is 4.57 Å². The molecule has 0 aromatic carbocycles. The maximum atomic E-state index is 5.29. The molecule has 0 aliphatic rings. The molecular weight excluding hydrogens is 230 g/mol. The Bertz CT molecular complexity index is 776. The van der Waals surface area contributed by atoms with Crippen LogP contribution in [0.1, 0.15) is 0 Å². The number of nitrogens with one attached hydrogen (secondary N) is 1. The van der Waals surface area contributed by atoms with E-state index in [1.165, 1.54) is 6.39 Å². The normalized spacial score (nSPS) is 11.3. The molecular formula is C12H8N5O+. The van der Waals surface area contributed by atoms with Crippen molar-refractivity contribution in [3.63, 3.8) is 0 Å². The zero-order valence-corrected chi connectivity index (χ0v) is 9.24. The first-order valence-electron chi connectivity index (χ1n) is 5.46. The Balaban J connectivity index is 2.13. The van der Waals surface area contributed by atoms with E-state index in [9.17, 15) is 0 Å². The second-order valence-corrected chi connectivity index (χ2v) is 3.85. The Morgan fingerprint density at radius 1 is 1.17 bits per heavy atom. The molecule has 0 unspecified atom stereocenters. The lowest BCUT2D eigenvalue weighted by Gasteiger charge is -1.98. The smallest absolute Gasteiger partial charge is 0.314 e. The van der Waals surface area contributed by atoms with Crippen molar-refractivity contribution in [1.82, 2.24) is 19.9 Å². The van der Waals surface area contributed by atoms with Crippen molar-refractivity contribution in [1.29, 1.82) is 0 Å². The van der Waals surface area contributed by atoms with Gasteiger partial charge in [0.1, 0.15) is 6.20 Å². The quantitative estimate of drug-likeness (QED) is 0.508. The maximum Gasteiger partial charge on any atom is 0.314 e. The molecule has 4 rings (SSSR count). The molecule has 18 heavy (non-hydrogen) atoms. The lowest BCUT2D eigenvalue weighted by Crippen LogP contribution is -2.32. The average molecular weight is 238 g/mol. The fraction of sp³-hybridized carbons (Fsp3) is 0. The second-order valence-electron chi connectivity index (χ2n) is 3.85. The summed E-state index contributed by atoms with van der Waals surface area (Å²) in [5, 5.41) is 0. The number of oxazole rings is 1. The third kappa shape index (κ3) is 1.17. The topological polar surface area (TPSA) is 71.5 Å². The van der Waals surface area contributed by atoms with E-state index in [4.69, 9.17) is 4.42 Å². The molecule has 0 bridgehead atoms. The number of aromatic amines is 1. The summed E-state index contributed by atoms with van der Waals surface area (Å²) < 4.78 is 7.15. The minimum absolute atomic E-state index is 0.715. The summed E-state index contributed by atoms with van der Waals surface area (Å²) in [7, 11) is 0.